The van der Waals surface area contributed by atoms with E-state index < -0.39 is 30.7 Å². The second-order valence-corrected chi connectivity index (χ2v) is 6.18. The fraction of sp³-hybridized carbons (Fsp3) is 0.929. The molecule has 0 saturated heterocycles. The number of amides is 1. The molecule has 8 heteroatoms. The van der Waals surface area contributed by atoms with E-state index >= 15 is 0 Å². The number of hydrogen-bond acceptors (Lipinski definition) is 5. The largest absolute Gasteiger partial charge is 0.444 e. The van der Waals surface area contributed by atoms with Gasteiger partial charge in [0.15, 0.2) is 0 Å². The van der Waals surface area contributed by atoms with E-state index in [4.69, 9.17) is 15.2 Å². The van der Waals surface area contributed by atoms with Crippen LogP contribution in [0, 0.1) is 0 Å². The van der Waals surface area contributed by atoms with Crippen molar-refractivity contribution in [3.63, 3.8) is 0 Å². The first-order valence-corrected chi connectivity index (χ1v) is 7.36. The second kappa shape index (κ2) is 9.91. The van der Waals surface area contributed by atoms with Crippen molar-refractivity contribution in [2.75, 3.05) is 33.4 Å². The number of carbonyl (C=O) groups is 1. The van der Waals surface area contributed by atoms with Crippen LogP contribution in [0.4, 0.5) is 13.6 Å². The Bertz CT molecular complexity index is 323. The Kier molecular flexibility index (Phi) is 9.47. The maximum atomic E-state index is 13.7. The summed E-state index contributed by atoms with van der Waals surface area (Å²) in [5, 5.41) is 4.82. The molecule has 0 rings (SSSR count). The van der Waals surface area contributed by atoms with Gasteiger partial charge in [-0.3, -0.25) is 0 Å². The van der Waals surface area contributed by atoms with Gasteiger partial charge in [0.1, 0.15) is 5.60 Å². The van der Waals surface area contributed by atoms with Crippen LogP contribution in [0.2, 0.25) is 0 Å². The standard InChI is InChI=1S/C14H29F2N3O3/c1-13(2,3)22-12(20)19-10-14(15,16)9-18-11(8-21-4)6-5-7-17/h11,18H,5-10,17H2,1-4H3,(H,19,20). The average Bonchev–Trinajstić information content (AvgIpc) is 2.38. The van der Waals surface area contributed by atoms with Crippen LogP contribution < -0.4 is 16.4 Å². The lowest BCUT2D eigenvalue weighted by Crippen LogP contribution is -2.47. The molecule has 1 atom stereocenters. The number of rotatable bonds is 10. The van der Waals surface area contributed by atoms with E-state index in [2.05, 4.69) is 10.6 Å². The maximum Gasteiger partial charge on any atom is 0.407 e. The summed E-state index contributed by atoms with van der Waals surface area (Å²) in [5.74, 6) is -3.08. The Morgan fingerprint density at radius 1 is 1.27 bits per heavy atom. The van der Waals surface area contributed by atoms with Crippen molar-refractivity contribution in [1.82, 2.24) is 10.6 Å². The molecule has 1 amide bonds. The first kappa shape index (κ1) is 21.0. The molecule has 6 nitrogen and oxygen atoms in total. The molecule has 0 aromatic heterocycles. The van der Waals surface area contributed by atoms with Crippen LogP contribution in [-0.2, 0) is 9.47 Å². The lowest BCUT2D eigenvalue weighted by Gasteiger charge is -2.24. The first-order chi connectivity index (χ1) is 10.1. The van der Waals surface area contributed by atoms with Crippen LogP contribution in [0.15, 0.2) is 0 Å². The van der Waals surface area contributed by atoms with Crippen LogP contribution >= 0.6 is 0 Å². The van der Waals surface area contributed by atoms with Gasteiger partial charge >= 0.3 is 6.09 Å². The molecular weight excluding hydrogens is 296 g/mol. The zero-order valence-corrected chi connectivity index (χ0v) is 13.9. The predicted molar refractivity (Wildman–Crippen MR) is 81.1 cm³/mol. The Labute approximate surface area is 131 Å². The Morgan fingerprint density at radius 3 is 2.41 bits per heavy atom. The van der Waals surface area contributed by atoms with Crippen molar-refractivity contribution in [3.05, 3.63) is 0 Å². The summed E-state index contributed by atoms with van der Waals surface area (Å²) in [6.07, 6.45) is 0.520. The zero-order valence-electron chi connectivity index (χ0n) is 13.9. The molecule has 0 aromatic carbocycles. The number of methoxy groups -OCH3 is 1. The summed E-state index contributed by atoms with van der Waals surface area (Å²) in [6.45, 7) is 4.48. The topological polar surface area (TPSA) is 85.6 Å². The van der Waals surface area contributed by atoms with E-state index in [1.807, 2.05) is 0 Å². The van der Waals surface area contributed by atoms with Crippen molar-refractivity contribution in [1.29, 1.82) is 0 Å². The van der Waals surface area contributed by atoms with E-state index in [1.165, 1.54) is 7.11 Å². The number of alkyl carbamates (subject to hydrolysis) is 1. The molecule has 0 bridgehead atoms. The highest BCUT2D eigenvalue weighted by atomic mass is 19.3. The van der Waals surface area contributed by atoms with E-state index in [-0.39, 0.29) is 6.04 Å². The molecular formula is C14H29F2N3O3. The molecule has 22 heavy (non-hydrogen) atoms. The zero-order chi connectivity index (χ0) is 17.2. The Hall–Kier alpha value is -0.990. The van der Waals surface area contributed by atoms with Crippen LogP contribution in [-0.4, -0.2) is 57.0 Å². The second-order valence-electron chi connectivity index (χ2n) is 6.18. The third-order valence-electron chi connectivity index (χ3n) is 2.66. The highest BCUT2D eigenvalue weighted by Crippen LogP contribution is 2.12. The highest BCUT2D eigenvalue weighted by Gasteiger charge is 2.31. The predicted octanol–water partition coefficient (Wildman–Crippen LogP) is 1.49. The molecule has 132 valence electrons. The van der Waals surface area contributed by atoms with Gasteiger partial charge in [-0.1, -0.05) is 0 Å². The smallest absolute Gasteiger partial charge is 0.407 e. The van der Waals surface area contributed by atoms with E-state index in [0.29, 0.717) is 19.6 Å². The highest BCUT2D eigenvalue weighted by molar-refractivity contribution is 5.67. The van der Waals surface area contributed by atoms with Gasteiger partial charge < -0.3 is 25.8 Å². The molecule has 0 aliphatic heterocycles. The number of ether oxygens (including phenoxy) is 2. The summed E-state index contributed by atoms with van der Waals surface area (Å²) in [5.41, 5.74) is 4.69. The van der Waals surface area contributed by atoms with Crippen molar-refractivity contribution >= 4 is 6.09 Å². The molecule has 0 heterocycles. The van der Waals surface area contributed by atoms with Crippen LogP contribution in [0.3, 0.4) is 0 Å². The molecule has 0 saturated carbocycles. The van der Waals surface area contributed by atoms with Gasteiger partial charge in [-0.15, -0.1) is 0 Å². The lowest BCUT2D eigenvalue weighted by molar-refractivity contribution is -0.00794. The summed E-state index contributed by atoms with van der Waals surface area (Å²) in [4.78, 5) is 11.4. The molecule has 0 radical (unpaired) electrons. The van der Waals surface area contributed by atoms with Crippen LogP contribution in [0.1, 0.15) is 33.6 Å². The quantitative estimate of drug-likeness (QED) is 0.567. The monoisotopic (exact) mass is 325 g/mol. The van der Waals surface area contributed by atoms with Gasteiger partial charge in [0, 0.05) is 13.2 Å². The Balaban J connectivity index is 4.18. The molecule has 4 N–H and O–H groups in total. The summed E-state index contributed by atoms with van der Waals surface area (Å²) in [6, 6.07) is -0.194. The molecule has 0 fully saturated rings. The minimum absolute atomic E-state index is 0.194. The summed E-state index contributed by atoms with van der Waals surface area (Å²) >= 11 is 0. The van der Waals surface area contributed by atoms with Crippen molar-refractivity contribution in [3.8, 4) is 0 Å². The summed E-state index contributed by atoms with van der Waals surface area (Å²) in [7, 11) is 1.51. The van der Waals surface area contributed by atoms with Crippen molar-refractivity contribution in [2.24, 2.45) is 5.73 Å². The number of nitrogens with one attached hydrogen (secondary N) is 2. The number of nitrogens with two attached hydrogens (primary N) is 1. The van der Waals surface area contributed by atoms with Crippen molar-refractivity contribution in [2.45, 2.75) is 51.2 Å². The fourth-order valence-corrected chi connectivity index (χ4v) is 1.68. The average molecular weight is 325 g/mol. The van der Waals surface area contributed by atoms with Crippen molar-refractivity contribution < 1.29 is 23.0 Å². The fourth-order valence-electron chi connectivity index (χ4n) is 1.68. The lowest BCUT2D eigenvalue weighted by atomic mass is 10.1. The van der Waals surface area contributed by atoms with Gasteiger partial charge in [0.05, 0.1) is 19.7 Å². The summed E-state index contributed by atoms with van der Waals surface area (Å²) < 4.78 is 37.4. The number of alkyl halides is 2. The number of carbonyl (C=O) groups excluding carboxylic acids is 1. The van der Waals surface area contributed by atoms with Gasteiger partial charge in [-0.25, -0.2) is 13.6 Å². The van der Waals surface area contributed by atoms with E-state index in [1.54, 1.807) is 20.8 Å². The molecule has 0 aliphatic carbocycles. The van der Waals surface area contributed by atoms with Gasteiger partial charge in [0.25, 0.3) is 5.92 Å². The minimum atomic E-state index is -3.08. The Morgan fingerprint density at radius 2 is 1.91 bits per heavy atom. The number of hydrogen-bond donors (Lipinski definition) is 3. The van der Waals surface area contributed by atoms with Crippen LogP contribution in [0.5, 0.6) is 0 Å². The first-order valence-electron chi connectivity index (χ1n) is 7.36. The molecule has 0 spiro atoms. The number of halogens is 2. The maximum absolute atomic E-state index is 13.7. The van der Waals surface area contributed by atoms with Gasteiger partial charge in [-0.05, 0) is 40.2 Å². The van der Waals surface area contributed by atoms with Crippen LogP contribution in [0.25, 0.3) is 0 Å². The normalized spacial score (nSPS) is 13.8. The van der Waals surface area contributed by atoms with E-state index in [9.17, 15) is 13.6 Å². The van der Waals surface area contributed by atoms with Gasteiger partial charge in [0.2, 0.25) is 0 Å². The van der Waals surface area contributed by atoms with Gasteiger partial charge in [-0.2, -0.15) is 0 Å². The minimum Gasteiger partial charge on any atom is -0.444 e. The SMILES string of the molecule is COCC(CCCN)NCC(F)(F)CNC(=O)OC(C)(C)C. The molecule has 0 aliphatic rings. The molecule has 0 aromatic rings. The third-order valence-corrected chi connectivity index (χ3v) is 2.66. The van der Waals surface area contributed by atoms with E-state index in [0.717, 1.165) is 6.42 Å². The molecule has 1 unspecified atom stereocenters. The third kappa shape index (κ3) is 11.6.